The number of rotatable bonds is 4. The fourth-order valence-electron chi connectivity index (χ4n) is 7.03. The van der Waals surface area contributed by atoms with Gasteiger partial charge in [-0.25, -0.2) is 0 Å². The monoisotopic (exact) mass is 465 g/mol. The number of likely N-dealkylation sites (tertiary alicyclic amines) is 1. The lowest BCUT2D eigenvalue weighted by Gasteiger charge is -2.56. The number of piperidine rings is 1. The maximum atomic E-state index is 13.2. The van der Waals surface area contributed by atoms with Gasteiger partial charge in [-0.05, 0) is 92.4 Å². The Morgan fingerprint density at radius 2 is 1.79 bits per heavy atom. The maximum absolute atomic E-state index is 13.2. The Bertz CT molecular complexity index is 933. The fourth-order valence-corrected chi connectivity index (χ4v) is 7.03. The van der Waals surface area contributed by atoms with E-state index in [0.717, 1.165) is 51.6 Å². The highest BCUT2D eigenvalue weighted by atomic mass is 16.3. The smallest absolute Gasteiger partial charge is 0.251 e. The average Bonchev–Trinajstić information content (AvgIpc) is 2.85. The second-order valence-corrected chi connectivity index (χ2v) is 11.2. The van der Waals surface area contributed by atoms with Crippen molar-refractivity contribution < 1.29 is 14.7 Å². The quantitative estimate of drug-likeness (QED) is 0.699. The van der Waals surface area contributed by atoms with Crippen molar-refractivity contribution in [3.63, 3.8) is 0 Å². The highest BCUT2D eigenvalue weighted by molar-refractivity contribution is 5.94. The zero-order valence-corrected chi connectivity index (χ0v) is 20.8. The Morgan fingerprint density at radius 1 is 1.15 bits per heavy atom. The largest absolute Gasteiger partial charge is 0.392 e. The highest BCUT2D eigenvalue weighted by Crippen LogP contribution is 2.55. The van der Waals surface area contributed by atoms with Crippen molar-refractivity contribution in [1.82, 2.24) is 10.2 Å². The first kappa shape index (κ1) is 24.7. The minimum absolute atomic E-state index is 0.0253. The molecule has 7 atom stereocenters. The first-order valence-corrected chi connectivity index (χ1v) is 13.0. The summed E-state index contributed by atoms with van der Waals surface area (Å²) in [5, 5.41) is 23.8. The zero-order valence-electron chi connectivity index (χ0n) is 20.8. The van der Waals surface area contributed by atoms with E-state index in [1.165, 1.54) is 6.42 Å². The van der Waals surface area contributed by atoms with Crippen LogP contribution in [0.5, 0.6) is 0 Å². The molecule has 2 aliphatic carbocycles. The van der Waals surface area contributed by atoms with Crippen molar-refractivity contribution in [2.75, 3.05) is 13.1 Å². The Labute approximate surface area is 203 Å². The molecule has 1 aliphatic heterocycles. The van der Waals surface area contributed by atoms with Crippen LogP contribution in [0.3, 0.4) is 0 Å². The first-order chi connectivity index (χ1) is 16.2. The molecule has 0 bridgehead atoms. The SMILES string of the molecule is C[C@H]1[C@@H]2[C@@H](O)C([C@H](C)C(=O)N3CCCCC3)CC[C@@]2(C)CC[C@@H]1NC(=O)c1ccc(C#N)cc1. The number of aliphatic hydroxyl groups is 1. The van der Waals surface area contributed by atoms with Crippen LogP contribution in [-0.2, 0) is 4.79 Å². The number of amides is 2. The number of hydrogen-bond acceptors (Lipinski definition) is 4. The summed E-state index contributed by atoms with van der Waals surface area (Å²) >= 11 is 0. The molecule has 2 saturated carbocycles. The summed E-state index contributed by atoms with van der Waals surface area (Å²) in [4.78, 5) is 28.1. The molecule has 6 heteroatoms. The van der Waals surface area contributed by atoms with Crippen LogP contribution >= 0.6 is 0 Å². The van der Waals surface area contributed by atoms with Crippen molar-refractivity contribution in [3.8, 4) is 6.07 Å². The number of fused-ring (bicyclic) bond motifs is 1. The molecule has 1 aromatic rings. The third kappa shape index (κ3) is 4.73. The molecule has 3 fully saturated rings. The molecule has 3 aliphatic rings. The molecule has 1 heterocycles. The lowest BCUT2D eigenvalue weighted by Crippen LogP contribution is -2.58. The number of aliphatic hydroxyl groups excluding tert-OH is 1. The molecule has 2 amide bonds. The molecule has 6 nitrogen and oxygen atoms in total. The van der Waals surface area contributed by atoms with E-state index in [0.29, 0.717) is 11.1 Å². The van der Waals surface area contributed by atoms with Gasteiger partial charge in [0.05, 0.1) is 17.7 Å². The molecule has 0 radical (unpaired) electrons. The topological polar surface area (TPSA) is 93.4 Å². The number of nitriles is 1. The zero-order chi connectivity index (χ0) is 24.5. The van der Waals surface area contributed by atoms with Crippen LogP contribution in [0.15, 0.2) is 24.3 Å². The van der Waals surface area contributed by atoms with Gasteiger partial charge in [0.25, 0.3) is 5.91 Å². The molecule has 1 unspecified atom stereocenters. The summed E-state index contributed by atoms with van der Waals surface area (Å²) < 4.78 is 0. The van der Waals surface area contributed by atoms with Crippen LogP contribution in [0.4, 0.5) is 0 Å². The molecule has 0 aromatic heterocycles. The molecule has 2 N–H and O–H groups in total. The van der Waals surface area contributed by atoms with Crippen molar-refractivity contribution in [2.24, 2.45) is 29.1 Å². The molecular formula is C28H39N3O3. The van der Waals surface area contributed by atoms with Crippen molar-refractivity contribution >= 4 is 11.8 Å². The standard InChI is InChI=1S/C28H39N3O3/c1-18(27(34)31-15-5-4-6-16-31)22-11-13-28(3)14-12-23(19(2)24(28)25(22)32)30-26(33)21-9-7-20(17-29)8-10-21/h7-10,18-19,22-25,32H,4-6,11-16H2,1-3H3,(H,30,33)/t18-,19+,22?,23-,24+,25-,28-/m0/s1. The van der Waals surface area contributed by atoms with Crippen LogP contribution in [0, 0.1) is 40.4 Å². The molecule has 184 valence electrons. The van der Waals surface area contributed by atoms with Crippen LogP contribution in [0.1, 0.15) is 81.6 Å². The minimum atomic E-state index is -0.549. The first-order valence-electron chi connectivity index (χ1n) is 13.0. The van der Waals surface area contributed by atoms with Gasteiger partial charge < -0.3 is 15.3 Å². The van der Waals surface area contributed by atoms with Gasteiger partial charge in [-0.15, -0.1) is 0 Å². The van der Waals surface area contributed by atoms with Gasteiger partial charge in [0, 0.05) is 30.6 Å². The second-order valence-electron chi connectivity index (χ2n) is 11.2. The van der Waals surface area contributed by atoms with Gasteiger partial charge in [0.2, 0.25) is 5.91 Å². The normalized spacial score (nSPS) is 34.4. The highest BCUT2D eigenvalue weighted by Gasteiger charge is 2.54. The van der Waals surface area contributed by atoms with Crippen molar-refractivity contribution in [1.29, 1.82) is 5.26 Å². The van der Waals surface area contributed by atoms with E-state index < -0.39 is 6.10 Å². The maximum Gasteiger partial charge on any atom is 0.251 e. The molecule has 1 saturated heterocycles. The number of carbonyl (C=O) groups excluding carboxylic acids is 2. The Balaban J connectivity index is 1.46. The molecule has 34 heavy (non-hydrogen) atoms. The van der Waals surface area contributed by atoms with E-state index in [9.17, 15) is 14.7 Å². The van der Waals surface area contributed by atoms with E-state index in [2.05, 4.69) is 25.2 Å². The fraction of sp³-hybridized carbons (Fsp3) is 0.679. The van der Waals surface area contributed by atoms with Gasteiger partial charge >= 0.3 is 0 Å². The predicted molar refractivity (Wildman–Crippen MR) is 131 cm³/mol. The van der Waals surface area contributed by atoms with Crippen LogP contribution in [0.25, 0.3) is 0 Å². The number of benzene rings is 1. The van der Waals surface area contributed by atoms with Crippen LogP contribution < -0.4 is 5.32 Å². The summed E-state index contributed by atoms with van der Waals surface area (Å²) in [5.41, 5.74) is 1.10. The predicted octanol–water partition coefficient (Wildman–Crippen LogP) is 4.13. The Kier molecular flexibility index (Phi) is 7.33. The second kappa shape index (κ2) is 10.1. The molecular weight excluding hydrogens is 426 g/mol. The lowest BCUT2D eigenvalue weighted by atomic mass is 9.51. The third-order valence-corrected chi connectivity index (χ3v) is 9.18. The summed E-state index contributed by atoms with van der Waals surface area (Å²) in [7, 11) is 0. The summed E-state index contributed by atoms with van der Waals surface area (Å²) in [6, 6.07) is 8.74. The number of carbonyl (C=O) groups is 2. The van der Waals surface area contributed by atoms with E-state index >= 15 is 0 Å². The van der Waals surface area contributed by atoms with E-state index in [1.807, 2.05) is 11.8 Å². The van der Waals surface area contributed by atoms with Crippen LogP contribution in [0.2, 0.25) is 0 Å². The number of nitrogens with one attached hydrogen (secondary N) is 1. The third-order valence-electron chi connectivity index (χ3n) is 9.18. The number of hydrogen-bond donors (Lipinski definition) is 2. The molecule has 1 aromatic carbocycles. The van der Waals surface area contributed by atoms with E-state index in [1.54, 1.807) is 24.3 Å². The summed E-state index contributed by atoms with van der Waals surface area (Å²) in [6.07, 6.45) is 6.52. The van der Waals surface area contributed by atoms with Crippen LogP contribution in [-0.4, -0.2) is 47.1 Å². The van der Waals surface area contributed by atoms with Gasteiger partial charge in [0.15, 0.2) is 0 Å². The molecule has 0 spiro atoms. The van der Waals surface area contributed by atoms with Crippen molar-refractivity contribution in [2.45, 2.75) is 77.9 Å². The Hall–Kier alpha value is -2.39. The Morgan fingerprint density at radius 3 is 2.44 bits per heavy atom. The summed E-state index contributed by atoms with van der Waals surface area (Å²) in [6.45, 7) is 8.11. The van der Waals surface area contributed by atoms with E-state index in [-0.39, 0.29) is 46.9 Å². The van der Waals surface area contributed by atoms with Gasteiger partial charge in [-0.2, -0.15) is 5.26 Å². The van der Waals surface area contributed by atoms with Gasteiger partial charge in [0.1, 0.15) is 0 Å². The van der Waals surface area contributed by atoms with E-state index in [4.69, 9.17) is 5.26 Å². The van der Waals surface area contributed by atoms with Gasteiger partial charge in [-0.3, -0.25) is 9.59 Å². The molecule has 4 rings (SSSR count). The average molecular weight is 466 g/mol. The van der Waals surface area contributed by atoms with Gasteiger partial charge in [-0.1, -0.05) is 20.8 Å². The minimum Gasteiger partial charge on any atom is -0.392 e. The number of nitrogens with zero attached hydrogens (tertiary/aromatic N) is 2. The van der Waals surface area contributed by atoms with Crippen molar-refractivity contribution in [3.05, 3.63) is 35.4 Å². The lowest BCUT2D eigenvalue weighted by molar-refractivity contribution is -0.150. The summed E-state index contributed by atoms with van der Waals surface area (Å²) in [5.74, 6) is -0.0117.